The molecule has 0 saturated carbocycles. The Morgan fingerprint density at radius 1 is 1.33 bits per heavy atom. The van der Waals surface area contributed by atoms with E-state index in [9.17, 15) is 4.79 Å². The van der Waals surface area contributed by atoms with Gasteiger partial charge in [0.25, 0.3) is 0 Å². The Labute approximate surface area is 141 Å². The van der Waals surface area contributed by atoms with Crippen LogP contribution in [0.3, 0.4) is 0 Å². The summed E-state index contributed by atoms with van der Waals surface area (Å²) in [6.07, 6.45) is 0. The molecule has 0 radical (unpaired) electrons. The number of benzene rings is 1. The molecule has 1 atom stereocenters. The third kappa shape index (κ3) is 4.11. The molecule has 1 N–H and O–H groups in total. The molecular weight excluding hydrogens is 306 g/mol. The van der Waals surface area contributed by atoms with Crippen molar-refractivity contribution in [1.82, 2.24) is 25.3 Å². The largest absolute Gasteiger partial charge is 0.337 e. The van der Waals surface area contributed by atoms with Gasteiger partial charge in [0, 0.05) is 32.2 Å². The van der Waals surface area contributed by atoms with Crippen LogP contribution in [0.2, 0.25) is 0 Å². The Morgan fingerprint density at radius 2 is 2.12 bits per heavy atom. The molecule has 2 amide bonds. The van der Waals surface area contributed by atoms with Gasteiger partial charge in [0.15, 0.2) is 5.82 Å². The summed E-state index contributed by atoms with van der Waals surface area (Å²) >= 11 is 0. The highest BCUT2D eigenvalue weighted by Crippen LogP contribution is 2.13. The third-order valence-corrected chi connectivity index (χ3v) is 4.18. The van der Waals surface area contributed by atoms with E-state index in [2.05, 4.69) is 51.5 Å². The lowest BCUT2D eigenvalue weighted by molar-refractivity contribution is 0.0969. The Kier molecular flexibility index (Phi) is 5.10. The van der Waals surface area contributed by atoms with Gasteiger partial charge < -0.3 is 14.7 Å². The predicted octanol–water partition coefficient (Wildman–Crippen LogP) is 1.79. The number of piperazine rings is 1. The van der Waals surface area contributed by atoms with Crippen LogP contribution in [0, 0.1) is 6.92 Å². The maximum atomic E-state index is 12.4. The molecule has 1 saturated heterocycles. The molecule has 2 aromatic rings. The molecule has 0 unspecified atom stereocenters. The van der Waals surface area contributed by atoms with Gasteiger partial charge in [0.2, 0.25) is 5.89 Å². The third-order valence-electron chi connectivity index (χ3n) is 4.18. The van der Waals surface area contributed by atoms with Crippen LogP contribution in [0.5, 0.6) is 0 Å². The Balaban J connectivity index is 1.48. The molecule has 1 aromatic heterocycles. The van der Waals surface area contributed by atoms with E-state index in [-0.39, 0.29) is 18.6 Å². The van der Waals surface area contributed by atoms with Gasteiger partial charge in [0.1, 0.15) is 0 Å². The summed E-state index contributed by atoms with van der Waals surface area (Å²) in [5.74, 6) is 0.998. The van der Waals surface area contributed by atoms with Gasteiger partial charge >= 0.3 is 6.03 Å². The monoisotopic (exact) mass is 329 g/mol. The lowest BCUT2D eigenvalue weighted by Crippen LogP contribution is -2.56. The van der Waals surface area contributed by atoms with Crippen molar-refractivity contribution >= 4 is 6.03 Å². The molecule has 0 spiro atoms. The number of carbonyl (C=O) groups is 1. The summed E-state index contributed by atoms with van der Waals surface area (Å²) in [5.41, 5.74) is 1.30. The smallest absolute Gasteiger partial charge is 0.318 e. The number of hydrogen-bond donors (Lipinski definition) is 1. The second-order valence-corrected chi connectivity index (χ2v) is 6.16. The number of aromatic nitrogens is 2. The van der Waals surface area contributed by atoms with Crippen LogP contribution in [0.15, 0.2) is 34.9 Å². The molecule has 1 fully saturated rings. The summed E-state index contributed by atoms with van der Waals surface area (Å²) in [7, 11) is 0. The average molecular weight is 329 g/mol. The van der Waals surface area contributed by atoms with Crippen molar-refractivity contribution in [3.63, 3.8) is 0 Å². The molecule has 24 heavy (non-hydrogen) atoms. The van der Waals surface area contributed by atoms with Crippen molar-refractivity contribution < 1.29 is 9.32 Å². The Morgan fingerprint density at radius 3 is 2.79 bits per heavy atom. The Bertz CT molecular complexity index is 673. The van der Waals surface area contributed by atoms with Crippen molar-refractivity contribution in [3.05, 3.63) is 47.6 Å². The standard InChI is InChI=1S/C17H23N5O2/c1-13-11-21(12-15-6-4-3-5-7-15)8-9-22(13)17(23)18-10-16-19-14(2)20-24-16/h3-7,13H,8-12H2,1-2H3,(H,18,23)/t13-/m1/s1. The molecule has 128 valence electrons. The zero-order valence-corrected chi connectivity index (χ0v) is 14.1. The summed E-state index contributed by atoms with van der Waals surface area (Å²) in [6, 6.07) is 10.5. The molecule has 0 aliphatic carbocycles. The van der Waals surface area contributed by atoms with Crippen molar-refractivity contribution in [3.8, 4) is 0 Å². The van der Waals surface area contributed by atoms with Crippen molar-refractivity contribution in [2.24, 2.45) is 0 Å². The SMILES string of the molecule is Cc1noc(CNC(=O)N2CCN(Cc3ccccc3)C[C@H]2C)n1. The molecule has 1 aliphatic rings. The minimum absolute atomic E-state index is 0.0854. The van der Waals surface area contributed by atoms with Crippen molar-refractivity contribution in [1.29, 1.82) is 0 Å². The van der Waals surface area contributed by atoms with E-state index in [0.29, 0.717) is 18.3 Å². The minimum Gasteiger partial charge on any atom is -0.337 e. The number of carbonyl (C=O) groups excluding carboxylic acids is 1. The van der Waals surface area contributed by atoms with E-state index in [0.717, 1.165) is 19.6 Å². The topological polar surface area (TPSA) is 74.5 Å². The van der Waals surface area contributed by atoms with E-state index < -0.39 is 0 Å². The van der Waals surface area contributed by atoms with E-state index in [1.54, 1.807) is 6.92 Å². The van der Waals surface area contributed by atoms with Crippen LogP contribution in [0.1, 0.15) is 24.2 Å². The van der Waals surface area contributed by atoms with Crippen LogP contribution in [0.4, 0.5) is 4.79 Å². The lowest BCUT2D eigenvalue weighted by atomic mass is 10.1. The van der Waals surface area contributed by atoms with Crippen molar-refractivity contribution in [2.45, 2.75) is 33.0 Å². The maximum absolute atomic E-state index is 12.4. The van der Waals surface area contributed by atoms with Crippen LogP contribution >= 0.6 is 0 Å². The first-order valence-corrected chi connectivity index (χ1v) is 8.22. The minimum atomic E-state index is -0.0854. The number of urea groups is 1. The number of nitrogens with zero attached hydrogens (tertiary/aromatic N) is 4. The molecule has 7 nitrogen and oxygen atoms in total. The molecule has 1 aliphatic heterocycles. The van der Waals surface area contributed by atoms with Crippen LogP contribution < -0.4 is 5.32 Å². The van der Waals surface area contributed by atoms with Crippen LogP contribution in [-0.4, -0.2) is 51.6 Å². The molecule has 0 bridgehead atoms. The fraction of sp³-hybridized carbons (Fsp3) is 0.471. The first-order chi connectivity index (χ1) is 11.6. The first-order valence-electron chi connectivity index (χ1n) is 8.22. The van der Waals surface area contributed by atoms with Gasteiger partial charge in [-0.3, -0.25) is 4.90 Å². The molecule has 3 rings (SSSR count). The van der Waals surface area contributed by atoms with Gasteiger partial charge in [-0.25, -0.2) is 4.79 Å². The number of rotatable bonds is 4. The fourth-order valence-electron chi connectivity index (χ4n) is 2.98. The van der Waals surface area contributed by atoms with E-state index in [1.165, 1.54) is 5.56 Å². The van der Waals surface area contributed by atoms with Crippen molar-refractivity contribution in [2.75, 3.05) is 19.6 Å². The van der Waals surface area contributed by atoms with Gasteiger partial charge in [-0.2, -0.15) is 4.98 Å². The average Bonchev–Trinajstić information content (AvgIpc) is 2.99. The normalized spacial score (nSPS) is 18.6. The summed E-state index contributed by atoms with van der Waals surface area (Å²) in [5, 5.41) is 6.56. The fourth-order valence-corrected chi connectivity index (χ4v) is 2.98. The second-order valence-electron chi connectivity index (χ2n) is 6.16. The number of aryl methyl sites for hydroxylation is 1. The Hall–Kier alpha value is -2.41. The second kappa shape index (κ2) is 7.44. The molecule has 1 aromatic carbocycles. The summed E-state index contributed by atoms with van der Waals surface area (Å²) in [6.45, 7) is 7.45. The van der Waals surface area contributed by atoms with E-state index in [1.807, 2.05) is 11.0 Å². The van der Waals surface area contributed by atoms with Gasteiger partial charge in [-0.05, 0) is 19.4 Å². The van der Waals surface area contributed by atoms with Gasteiger partial charge in [-0.15, -0.1) is 0 Å². The first kappa shape index (κ1) is 16.4. The van der Waals surface area contributed by atoms with E-state index in [4.69, 9.17) is 4.52 Å². The molecular formula is C17H23N5O2. The number of amides is 2. The van der Waals surface area contributed by atoms with Gasteiger partial charge in [0.05, 0.1) is 6.54 Å². The highest BCUT2D eigenvalue weighted by atomic mass is 16.5. The highest BCUT2D eigenvalue weighted by molar-refractivity contribution is 5.74. The molecule has 2 heterocycles. The number of hydrogen-bond acceptors (Lipinski definition) is 5. The van der Waals surface area contributed by atoms with Crippen LogP contribution in [0.25, 0.3) is 0 Å². The zero-order chi connectivity index (χ0) is 16.9. The summed E-state index contributed by atoms with van der Waals surface area (Å²) in [4.78, 5) is 20.7. The number of nitrogens with one attached hydrogen (secondary N) is 1. The lowest BCUT2D eigenvalue weighted by Gasteiger charge is -2.39. The summed E-state index contributed by atoms with van der Waals surface area (Å²) < 4.78 is 5.01. The quantitative estimate of drug-likeness (QED) is 0.926. The highest BCUT2D eigenvalue weighted by Gasteiger charge is 2.27. The van der Waals surface area contributed by atoms with Gasteiger partial charge in [-0.1, -0.05) is 35.5 Å². The van der Waals surface area contributed by atoms with Crippen LogP contribution in [-0.2, 0) is 13.1 Å². The maximum Gasteiger partial charge on any atom is 0.318 e. The zero-order valence-electron chi connectivity index (χ0n) is 14.1. The molecule has 7 heteroatoms. The van der Waals surface area contributed by atoms with E-state index >= 15 is 0 Å². The predicted molar refractivity (Wildman–Crippen MR) is 89.2 cm³/mol.